The van der Waals surface area contributed by atoms with Gasteiger partial charge in [0.25, 0.3) is 0 Å². The van der Waals surface area contributed by atoms with Crippen LogP contribution >= 0.6 is 24.0 Å². The fourth-order valence-corrected chi connectivity index (χ4v) is 2.44. The van der Waals surface area contributed by atoms with Gasteiger partial charge in [-0.2, -0.15) is 0 Å². The van der Waals surface area contributed by atoms with Crippen molar-refractivity contribution in [2.45, 2.75) is 58.8 Å². The van der Waals surface area contributed by atoms with Crippen molar-refractivity contribution in [3.05, 3.63) is 0 Å². The van der Waals surface area contributed by atoms with Crippen LogP contribution in [0.25, 0.3) is 0 Å². The number of carbonyl (C=O) groups is 1. The van der Waals surface area contributed by atoms with E-state index < -0.39 is 17.2 Å². The van der Waals surface area contributed by atoms with E-state index >= 15 is 0 Å². The monoisotopic (exact) mass is 499 g/mol. The number of nitrogens with zero attached hydrogens (tertiary/aromatic N) is 2. The maximum Gasteiger partial charge on any atom is 0.408 e. The summed E-state index contributed by atoms with van der Waals surface area (Å²) in [5, 5.41) is 9.41. The molecular formula is C18H38IN5O3. The first-order valence-corrected chi connectivity index (χ1v) is 9.34. The van der Waals surface area contributed by atoms with Gasteiger partial charge < -0.3 is 30.3 Å². The Morgan fingerprint density at radius 2 is 1.93 bits per heavy atom. The summed E-state index contributed by atoms with van der Waals surface area (Å²) < 4.78 is 11.1. The lowest BCUT2D eigenvalue weighted by atomic mass is 10.1. The molecule has 1 atom stereocenters. The molecule has 0 bridgehead atoms. The number of hydrogen-bond donors (Lipinski definition) is 3. The summed E-state index contributed by atoms with van der Waals surface area (Å²) in [5.41, 5.74) is -1.04. The number of halogens is 1. The van der Waals surface area contributed by atoms with Gasteiger partial charge in [-0.15, -0.1) is 24.0 Å². The largest absolute Gasteiger partial charge is 0.444 e. The first-order valence-electron chi connectivity index (χ1n) is 9.34. The lowest BCUT2D eigenvalue weighted by molar-refractivity contribution is -0.0161. The van der Waals surface area contributed by atoms with Crippen LogP contribution in [0.5, 0.6) is 0 Å². The van der Waals surface area contributed by atoms with Crippen LogP contribution in [-0.2, 0) is 9.47 Å². The van der Waals surface area contributed by atoms with Gasteiger partial charge in [-0.1, -0.05) is 0 Å². The van der Waals surface area contributed by atoms with Gasteiger partial charge in [0.15, 0.2) is 5.96 Å². The molecule has 27 heavy (non-hydrogen) atoms. The van der Waals surface area contributed by atoms with E-state index in [9.17, 15) is 4.79 Å². The first kappa shape index (κ1) is 26.2. The van der Waals surface area contributed by atoms with Gasteiger partial charge in [0, 0.05) is 26.2 Å². The summed E-state index contributed by atoms with van der Waals surface area (Å²) in [5.74, 6) is 0.711. The first-order chi connectivity index (χ1) is 12.0. The van der Waals surface area contributed by atoms with E-state index in [2.05, 4.69) is 32.9 Å². The van der Waals surface area contributed by atoms with Crippen molar-refractivity contribution in [2.75, 3.05) is 46.4 Å². The number of ether oxygens (including phenoxy) is 2. The lowest BCUT2D eigenvalue weighted by Crippen LogP contribution is -2.50. The van der Waals surface area contributed by atoms with E-state index in [0.29, 0.717) is 19.0 Å². The van der Waals surface area contributed by atoms with Gasteiger partial charge in [0.2, 0.25) is 0 Å². The SMILES string of the molecule is CCNC(=NCC(C)(C)NC(=O)OC(C)(C)C)NCC1CN(C)CCO1.I. The molecule has 0 radical (unpaired) electrons. The van der Waals surface area contributed by atoms with E-state index in [0.717, 1.165) is 26.2 Å². The molecule has 3 N–H and O–H groups in total. The van der Waals surface area contributed by atoms with E-state index in [1.54, 1.807) is 0 Å². The topological polar surface area (TPSA) is 87.2 Å². The summed E-state index contributed by atoms with van der Waals surface area (Å²) in [7, 11) is 2.10. The number of alkyl carbamates (subject to hydrolysis) is 1. The van der Waals surface area contributed by atoms with Crippen molar-refractivity contribution >= 4 is 36.0 Å². The number of aliphatic imine (C=N–C) groups is 1. The molecule has 1 fully saturated rings. The van der Waals surface area contributed by atoms with Crippen molar-refractivity contribution in [3.8, 4) is 0 Å². The Hall–Kier alpha value is -0.810. The summed E-state index contributed by atoms with van der Waals surface area (Å²) in [4.78, 5) is 18.8. The van der Waals surface area contributed by atoms with Crippen molar-refractivity contribution in [3.63, 3.8) is 0 Å². The number of hydrogen-bond acceptors (Lipinski definition) is 5. The smallest absolute Gasteiger partial charge is 0.408 e. The normalized spacial score (nSPS) is 19.1. The van der Waals surface area contributed by atoms with Gasteiger partial charge in [-0.3, -0.25) is 4.99 Å². The summed E-state index contributed by atoms with van der Waals surface area (Å²) in [6.07, 6.45) is -0.292. The molecule has 0 aromatic carbocycles. The molecule has 0 aliphatic carbocycles. The Labute approximate surface area is 181 Å². The highest BCUT2D eigenvalue weighted by atomic mass is 127. The second-order valence-electron chi connectivity index (χ2n) is 8.34. The molecule has 1 unspecified atom stereocenters. The van der Waals surface area contributed by atoms with Crippen LogP contribution in [0.15, 0.2) is 4.99 Å². The Morgan fingerprint density at radius 3 is 2.48 bits per heavy atom. The number of likely N-dealkylation sites (N-methyl/N-ethyl adjacent to an activating group) is 1. The van der Waals surface area contributed by atoms with Gasteiger partial charge in [-0.25, -0.2) is 4.79 Å². The summed E-state index contributed by atoms with van der Waals surface area (Å²) >= 11 is 0. The molecule has 1 aliphatic heterocycles. The number of morpholine rings is 1. The number of nitrogens with one attached hydrogen (secondary N) is 3. The molecule has 0 spiro atoms. The van der Waals surface area contributed by atoms with E-state index in [1.165, 1.54) is 0 Å². The highest BCUT2D eigenvalue weighted by Gasteiger charge is 2.24. The molecule has 1 saturated heterocycles. The second kappa shape index (κ2) is 11.9. The maximum atomic E-state index is 12.0. The highest BCUT2D eigenvalue weighted by molar-refractivity contribution is 14.0. The van der Waals surface area contributed by atoms with Crippen molar-refractivity contribution in [1.29, 1.82) is 0 Å². The van der Waals surface area contributed by atoms with E-state index in [-0.39, 0.29) is 30.1 Å². The molecule has 1 aliphatic rings. The molecule has 0 aromatic rings. The van der Waals surface area contributed by atoms with Crippen LogP contribution in [0, 0.1) is 0 Å². The van der Waals surface area contributed by atoms with Gasteiger partial charge in [-0.05, 0) is 48.6 Å². The maximum absolute atomic E-state index is 12.0. The molecular weight excluding hydrogens is 461 g/mol. The van der Waals surface area contributed by atoms with Gasteiger partial charge >= 0.3 is 6.09 Å². The molecule has 9 heteroatoms. The lowest BCUT2D eigenvalue weighted by Gasteiger charge is -2.30. The molecule has 1 heterocycles. The molecule has 1 rings (SSSR count). The van der Waals surface area contributed by atoms with Crippen LogP contribution in [0.3, 0.4) is 0 Å². The van der Waals surface area contributed by atoms with Crippen LogP contribution in [0.4, 0.5) is 4.79 Å². The Kier molecular flexibility index (Phi) is 11.5. The quantitative estimate of drug-likeness (QED) is 0.294. The third-order valence-corrected chi connectivity index (χ3v) is 3.66. The minimum absolute atomic E-state index is 0. The average molecular weight is 499 g/mol. The molecule has 160 valence electrons. The minimum atomic E-state index is -0.522. The molecule has 0 aromatic heterocycles. The third kappa shape index (κ3) is 12.3. The van der Waals surface area contributed by atoms with Crippen LogP contribution in [0.1, 0.15) is 41.5 Å². The van der Waals surface area contributed by atoms with Crippen molar-refractivity contribution in [2.24, 2.45) is 4.99 Å². The molecule has 0 saturated carbocycles. The van der Waals surface area contributed by atoms with Crippen LogP contribution in [-0.4, -0.2) is 80.6 Å². The zero-order chi connectivity index (χ0) is 19.8. The van der Waals surface area contributed by atoms with Crippen LogP contribution in [0.2, 0.25) is 0 Å². The summed E-state index contributed by atoms with van der Waals surface area (Å²) in [6, 6.07) is 0. The zero-order valence-electron chi connectivity index (χ0n) is 17.8. The predicted molar refractivity (Wildman–Crippen MR) is 120 cm³/mol. The highest BCUT2D eigenvalue weighted by Crippen LogP contribution is 2.10. The molecule has 8 nitrogen and oxygen atoms in total. The molecule has 1 amide bonds. The minimum Gasteiger partial charge on any atom is -0.444 e. The Bertz CT molecular complexity index is 480. The predicted octanol–water partition coefficient (Wildman–Crippen LogP) is 1.79. The second-order valence-corrected chi connectivity index (χ2v) is 8.34. The summed E-state index contributed by atoms with van der Waals surface area (Å²) in [6.45, 7) is 15.9. The zero-order valence-corrected chi connectivity index (χ0v) is 20.2. The van der Waals surface area contributed by atoms with Gasteiger partial charge in [0.1, 0.15) is 5.60 Å². The van der Waals surface area contributed by atoms with Crippen LogP contribution < -0.4 is 16.0 Å². The number of guanidine groups is 1. The Balaban J connectivity index is 0.00000676. The fourth-order valence-electron chi connectivity index (χ4n) is 2.44. The number of rotatable bonds is 6. The van der Waals surface area contributed by atoms with Crippen molar-refractivity contribution in [1.82, 2.24) is 20.9 Å². The standard InChI is InChI=1S/C18H37N5O3.HI/c1-8-19-15(20-11-14-12-23(7)9-10-25-14)21-13-18(5,6)22-16(24)26-17(2,3)4;/h14H,8-13H2,1-7H3,(H,22,24)(H2,19,20,21);1H. The average Bonchev–Trinajstić information content (AvgIpc) is 2.47. The van der Waals surface area contributed by atoms with E-state index in [1.807, 2.05) is 41.5 Å². The Morgan fingerprint density at radius 1 is 1.26 bits per heavy atom. The van der Waals surface area contributed by atoms with E-state index in [4.69, 9.17) is 9.47 Å². The number of carbonyl (C=O) groups excluding carboxylic acids is 1. The third-order valence-electron chi connectivity index (χ3n) is 3.66. The number of amides is 1. The van der Waals surface area contributed by atoms with Gasteiger partial charge in [0.05, 0.1) is 24.8 Å². The fraction of sp³-hybridized carbons (Fsp3) is 0.889. The van der Waals surface area contributed by atoms with Crippen molar-refractivity contribution < 1.29 is 14.3 Å².